The topological polar surface area (TPSA) is 29.1 Å². The zero-order valence-electron chi connectivity index (χ0n) is 10.4. The molecule has 19 heavy (non-hydrogen) atoms. The molecule has 2 rings (SSSR count). The van der Waals surface area contributed by atoms with Crippen molar-refractivity contribution in [2.75, 3.05) is 0 Å². The van der Waals surface area contributed by atoms with Crippen molar-refractivity contribution in [2.45, 2.75) is 13.0 Å². The van der Waals surface area contributed by atoms with E-state index in [2.05, 4.69) is 21.2 Å². The average Bonchev–Trinajstić information content (AvgIpc) is 2.39. The van der Waals surface area contributed by atoms with E-state index in [1.54, 1.807) is 12.1 Å². The van der Waals surface area contributed by atoms with E-state index in [1.807, 2.05) is 31.2 Å². The maximum Gasteiger partial charge on any atom is 0.254 e. The first-order valence-electron chi connectivity index (χ1n) is 5.89. The second kappa shape index (κ2) is 5.97. The molecule has 1 atom stereocenters. The minimum atomic E-state index is -0.511. The highest BCUT2D eigenvalue weighted by Gasteiger charge is 2.14. The van der Waals surface area contributed by atoms with Crippen molar-refractivity contribution in [3.8, 4) is 0 Å². The van der Waals surface area contributed by atoms with Gasteiger partial charge in [-0.1, -0.05) is 40.2 Å². The second-order valence-corrected chi connectivity index (χ2v) is 5.14. The summed E-state index contributed by atoms with van der Waals surface area (Å²) >= 11 is 3.35. The van der Waals surface area contributed by atoms with Gasteiger partial charge in [-0.3, -0.25) is 4.79 Å². The average molecular weight is 322 g/mol. The van der Waals surface area contributed by atoms with Crippen LogP contribution in [0.15, 0.2) is 53.0 Å². The molecule has 0 heterocycles. The summed E-state index contributed by atoms with van der Waals surface area (Å²) in [6.07, 6.45) is 0. The Bertz CT molecular complexity index is 583. The van der Waals surface area contributed by atoms with Crippen LogP contribution >= 0.6 is 15.9 Å². The fourth-order valence-electron chi connectivity index (χ4n) is 1.75. The first kappa shape index (κ1) is 13.7. The van der Waals surface area contributed by atoms with E-state index < -0.39 is 11.7 Å². The molecule has 0 spiro atoms. The van der Waals surface area contributed by atoms with Gasteiger partial charge in [-0.15, -0.1) is 0 Å². The molecule has 0 bridgehead atoms. The number of halogens is 2. The standard InChI is InChI=1S/C15H13BrFNO/c1-10(11-6-8-12(16)9-7-11)18-15(19)13-4-2-3-5-14(13)17/h2-10H,1H3,(H,18,19)/t10-/m1/s1. The summed E-state index contributed by atoms with van der Waals surface area (Å²) in [5.41, 5.74) is 1.03. The molecule has 4 heteroatoms. The first-order valence-corrected chi connectivity index (χ1v) is 6.68. The number of carbonyl (C=O) groups excluding carboxylic acids is 1. The zero-order valence-corrected chi connectivity index (χ0v) is 11.9. The Morgan fingerprint density at radius 3 is 2.42 bits per heavy atom. The van der Waals surface area contributed by atoms with E-state index in [0.29, 0.717) is 0 Å². The van der Waals surface area contributed by atoms with Gasteiger partial charge in [0.15, 0.2) is 0 Å². The van der Waals surface area contributed by atoms with Crippen molar-refractivity contribution >= 4 is 21.8 Å². The van der Waals surface area contributed by atoms with E-state index in [-0.39, 0.29) is 11.6 Å². The molecule has 0 aliphatic heterocycles. The molecule has 0 fully saturated rings. The summed E-state index contributed by atoms with van der Waals surface area (Å²) < 4.78 is 14.5. The highest BCUT2D eigenvalue weighted by molar-refractivity contribution is 9.10. The van der Waals surface area contributed by atoms with Crippen LogP contribution in [0.2, 0.25) is 0 Å². The Morgan fingerprint density at radius 1 is 1.16 bits per heavy atom. The molecule has 0 unspecified atom stereocenters. The summed E-state index contributed by atoms with van der Waals surface area (Å²) in [7, 11) is 0. The number of rotatable bonds is 3. The highest BCUT2D eigenvalue weighted by atomic mass is 79.9. The lowest BCUT2D eigenvalue weighted by Gasteiger charge is -2.14. The van der Waals surface area contributed by atoms with Crippen LogP contribution in [0.3, 0.4) is 0 Å². The minimum Gasteiger partial charge on any atom is -0.345 e. The van der Waals surface area contributed by atoms with Gasteiger partial charge in [0.25, 0.3) is 5.91 Å². The number of carbonyl (C=O) groups is 1. The van der Waals surface area contributed by atoms with Crippen LogP contribution in [0.25, 0.3) is 0 Å². The monoisotopic (exact) mass is 321 g/mol. The van der Waals surface area contributed by atoms with Gasteiger partial charge in [-0.2, -0.15) is 0 Å². The predicted molar refractivity (Wildman–Crippen MR) is 76.4 cm³/mol. The maximum absolute atomic E-state index is 13.5. The van der Waals surface area contributed by atoms with Crippen LogP contribution < -0.4 is 5.32 Å². The molecule has 2 aromatic rings. The van der Waals surface area contributed by atoms with Crippen LogP contribution in [0, 0.1) is 5.82 Å². The lowest BCUT2D eigenvalue weighted by Crippen LogP contribution is -2.27. The highest BCUT2D eigenvalue weighted by Crippen LogP contribution is 2.17. The van der Waals surface area contributed by atoms with Crippen molar-refractivity contribution < 1.29 is 9.18 Å². The molecular weight excluding hydrogens is 309 g/mol. The summed E-state index contributed by atoms with van der Waals surface area (Å²) in [5.74, 6) is -0.920. The van der Waals surface area contributed by atoms with Crippen LogP contribution in [-0.2, 0) is 0 Å². The Morgan fingerprint density at radius 2 is 1.79 bits per heavy atom. The number of hydrogen-bond donors (Lipinski definition) is 1. The maximum atomic E-state index is 13.5. The third-order valence-corrected chi connectivity index (χ3v) is 3.36. The number of benzene rings is 2. The van der Waals surface area contributed by atoms with Gasteiger partial charge >= 0.3 is 0 Å². The van der Waals surface area contributed by atoms with Crippen LogP contribution in [-0.4, -0.2) is 5.91 Å². The molecule has 2 aromatic carbocycles. The van der Waals surface area contributed by atoms with Gasteiger partial charge in [0.2, 0.25) is 0 Å². The van der Waals surface area contributed by atoms with Gasteiger partial charge < -0.3 is 5.32 Å². The molecule has 2 nitrogen and oxygen atoms in total. The quantitative estimate of drug-likeness (QED) is 0.906. The summed E-state index contributed by atoms with van der Waals surface area (Å²) in [6, 6.07) is 13.4. The SMILES string of the molecule is C[C@@H](NC(=O)c1ccccc1F)c1ccc(Br)cc1. The fraction of sp³-hybridized carbons (Fsp3) is 0.133. The molecule has 0 aliphatic carbocycles. The molecule has 0 saturated carbocycles. The normalized spacial score (nSPS) is 11.9. The van der Waals surface area contributed by atoms with E-state index in [9.17, 15) is 9.18 Å². The van der Waals surface area contributed by atoms with E-state index in [4.69, 9.17) is 0 Å². The first-order chi connectivity index (χ1) is 9.08. The summed E-state index contributed by atoms with van der Waals surface area (Å²) in [5, 5.41) is 2.78. The van der Waals surface area contributed by atoms with E-state index >= 15 is 0 Å². The molecule has 1 amide bonds. The summed E-state index contributed by atoms with van der Waals surface area (Å²) in [4.78, 5) is 12.0. The molecule has 0 saturated heterocycles. The molecule has 0 radical (unpaired) electrons. The number of nitrogens with one attached hydrogen (secondary N) is 1. The van der Waals surface area contributed by atoms with Crippen molar-refractivity contribution in [3.05, 3.63) is 69.9 Å². The van der Waals surface area contributed by atoms with Crippen molar-refractivity contribution in [3.63, 3.8) is 0 Å². The van der Waals surface area contributed by atoms with Crippen LogP contribution in [0.5, 0.6) is 0 Å². The van der Waals surface area contributed by atoms with Gasteiger partial charge in [0.05, 0.1) is 11.6 Å². The van der Waals surface area contributed by atoms with Gasteiger partial charge in [-0.05, 0) is 36.8 Å². The Balaban J connectivity index is 2.11. The van der Waals surface area contributed by atoms with Gasteiger partial charge in [0, 0.05) is 4.47 Å². The minimum absolute atomic E-state index is 0.0615. The molecule has 1 N–H and O–H groups in total. The molecular formula is C15H13BrFNO. The van der Waals surface area contributed by atoms with Crippen molar-refractivity contribution in [1.29, 1.82) is 0 Å². The zero-order chi connectivity index (χ0) is 13.8. The smallest absolute Gasteiger partial charge is 0.254 e. The van der Waals surface area contributed by atoms with E-state index in [1.165, 1.54) is 12.1 Å². The third kappa shape index (κ3) is 3.41. The molecule has 98 valence electrons. The van der Waals surface area contributed by atoms with Gasteiger partial charge in [0.1, 0.15) is 5.82 Å². The Hall–Kier alpha value is -1.68. The summed E-state index contributed by atoms with van der Waals surface area (Å²) in [6.45, 7) is 1.86. The predicted octanol–water partition coefficient (Wildman–Crippen LogP) is 4.08. The Labute approximate surface area is 119 Å². The number of amides is 1. The lowest BCUT2D eigenvalue weighted by molar-refractivity contribution is 0.0936. The van der Waals surface area contributed by atoms with Crippen molar-refractivity contribution in [2.24, 2.45) is 0 Å². The fourth-order valence-corrected chi connectivity index (χ4v) is 2.02. The molecule has 0 aliphatic rings. The molecule has 0 aromatic heterocycles. The van der Waals surface area contributed by atoms with Crippen molar-refractivity contribution in [1.82, 2.24) is 5.32 Å². The lowest BCUT2D eigenvalue weighted by atomic mass is 10.1. The van der Waals surface area contributed by atoms with Crippen LogP contribution in [0.4, 0.5) is 4.39 Å². The van der Waals surface area contributed by atoms with Gasteiger partial charge in [-0.25, -0.2) is 4.39 Å². The second-order valence-electron chi connectivity index (χ2n) is 4.23. The largest absolute Gasteiger partial charge is 0.345 e. The van der Waals surface area contributed by atoms with Crippen LogP contribution in [0.1, 0.15) is 28.9 Å². The number of hydrogen-bond acceptors (Lipinski definition) is 1. The van der Waals surface area contributed by atoms with E-state index in [0.717, 1.165) is 10.0 Å². The third-order valence-electron chi connectivity index (χ3n) is 2.84. The Kier molecular flexibility index (Phi) is 4.32.